The van der Waals surface area contributed by atoms with Gasteiger partial charge in [0.2, 0.25) is 0 Å². The molecule has 0 unspecified atom stereocenters. The third-order valence-electron chi connectivity index (χ3n) is 5.34. The maximum atomic E-state index is 10.4. The predicted molar refractivity (Wildman–Crippen MR) is 128 cm³/mol. The molecule has 0 fully saturated rings. The van der Waals surface area contributed by atoms with E-state index in [2.05, 4.69) is 11.8 Å². The minimum Gasteiger partial charge on any atom is -0.494 e. The zero-order chi connectivity index (χ0) is 23.1. The van der Waals surface area contributed by atoms with Gasteiger partial charge in [0.15, 0.2) is 0 Å². The lowest BCUT2D eigenvalue weighted by atomic mass is 10.1. The fourth-order valence-corrected chi connectivity index (χ4v) is 3.84. The molecule has 1 aromatic heterocycles. The smallest absolute Gasteiger partial charge is 0.119 e. The number of aryl methyl sites for hydroxylation is 1. The summed E-state index contributed by atoms with van der Waals surface area (Å²) in [6.07, 6.45) is -0.606. The molecular weight excluding hydrogens is 426 g/mol. The summed E-state index contributed by atoms with van der Waals surface area (Å²) in [5.74, 6) is 1.52. The summed E-state index contributed by atoms with van der Waals surface area (Å²) in [6.45, 7) is 8.71. The van der Waals surface area contributed by atoms with Gasteiger partial charge >= 0.3 is 0 Å². The van der Waals surface area contributed by atoms with E-state index in [4.69, 9.17) is 26.2 Å². The van der Waals surface area contributed by atoms with Crippen molar-refractivity contribution in [1.82, 2.24) is 14.7 Å². The highest BCUT2D eigenvalue weighted by Gasteiger charge is 2.16. The van der Waals surface area contributed by atoms with Crippen molar-refractivity contribution in [2.75, 3.05) is 26.8 Å². The number of aromatic nitrogens is 2. The van der Waals surface area contributed by atoms with Gasteiger partial charge in [0.25, 0.3) is 0 Å². The van der Waals surface area contributed by atoms with Crippen molar-refractivity contribution in [3.05, 3.63) is 76.1 Å². The molecule has 172 valence electrons. The zero-order valence-electron chi connectivity index (χ0n) is 19.2. The number of benzene rings is 2. The molecule has 0 radical (unpaired) electrons. The van der Waals surface area contributed by atoms with Gasteiger partial charge < -0.3 is 14.6 Å². The van der Waals surface area contributed by atoms with Crippen LogP contribution in [0.5, 0.6) is 11.5 Å². The summed E-state index contributed by atoms with van der Waals surface area (Å²) in [5, 5.41) is 15.9. The van der Waals surface area contributed by atoms with Crippen LogP contribution in [0.2, 0.25) is 5.02 Å². The van der Waals surface area contributed by atoms with Gasteiger partial charge in [0.1, 0.15) is 24.2 Å². The molecule has 3 aromatic rings. The van der Waals surface area contributed by atoms with Gasteiger partial charge in [-0.1, -0.05) is 29.8 Å². The Bertz CT molecular complexity index is 1000. The van der Waals surface area contributed by atoms with E-state index in [1.807, 2.05) is 74.1 Å². The van der Waals surface area contributed by atoms with Crippen molar-refractivity contribution in [2.24, 2.45) is 0 Å². The quantitative estimate of drug-likeness (QED) is 0.460. The van der Waals surface area contributed by atoms with E-state index in [1.165, 1.54) is 5.56 Å². The van der Waals surface area contributed by atoms with E-state index < -0.39 is 6.10 Å². The van der Waals surface area contributed by atoms with Crippen LogP contribution in [-0.2, 0) is 13.1 Å². The number of hydrogen-bond acceptors (Lipinski definition) is 5. The molecule has 0 aliphatic carbocycles. The lowest BCUT2D eigenvalue weighted by Gasteiger charge is -2.21. The molecule has 0 saturated heterocycles. The average molecular weight is 458 g/mol. The molecule has 3 rings (SSSR count). The number of nitrogens with zero attached hydrogens (tertiary/aromatic N) is 3. The number of aliphatic hydroxyl groups is 1. The molecule has 1 N–H and O–H groups in total. The molecule has 0 spiro atoms. The first-order chi connectivity index (χ1) is 15.4. The van der Waals surface area contributed by atoms with Gasteiger partial charge in [-0.05, 0) is 63.7 Å². The summed E-state index contributed by atoms with van der Waals surface area (Å²) in [4.78, 5) is 2.09. The molecule has 0 saturated carbocycles. The minimum atomic E-state index is -0.606. The fourth-order valence-electron chi connectivity index (χ4n) is 3.64. The van der Waals surface area contributed by atoms with Gasteiger partial charge in [-0.25, -0.2) is 0 Å². The lowest BCUT2D eigenvalue weighted by Crippen LogP contribution is -2.33. The van der Waals surface area contributed by atoms with E-state index in [0.29, 0.717) is 32.0 Å². The van der Waals surface area contributed by atoms with Crippen LogP contribution in [0.3, 0.4) is 0 Å². The Morgan fingerprint density at radius 1 is 1.06 bits per heavy atom. The van der Waals surface area contributed by atoms with Crippen molar-refractivity contribution in [3.63, 3.8) is 0 Å². The van der Waals surface area contributed by atoms with E-state index in [9.17, 15) is 5.11 Å². The number of hydrogen-bond donors (Lipinski definition) is 1. The number of ether oxygens (including phenoxy) is 2. The van der Waals surface area contributed by atoms with Crippen molar-refractivity contribution in [2.45, 2.75) is 40.0 Å². The predicted octanol–water partition coefficient (Wildman–Crippen LogP) is 4.47. The standard InChI is InChI=1S/C25H32ClN3O3/c1-5-31-22-10-12-23(13-11-22)32-17-21(30)15-28(4)16-24-18(2)27-29(19(24)3)14-20-8-6-7-9-25(20)26/h6-13,21,30H,5,14-17H2,1-4H3/t21-/m0/s1. The molecule has 6 nitrogen and oxygen atoms in total. The minimum absolute atomic E-state index is 0.224. The summed E-state index contributed by atoms with van der Waals surface area (Å²) in [5.41, 5.74) is 4.30. The van der Waals surface area contributed by atoms with Crippen LogP contribution in [0.1, 0.15) is 29.4 Å². The first-order valence-corrected chi connectivity index (χ1v) is 11.2. The summed E-state index contributed by atoms with van der Waals surface area (Å²) < 4.78 is 13.1. The highest BCUT2D eigenvalue weighted by atomic mass is 35.5. The molecule has 2 aromatic carbocycles. The summed E-state index contributed by atoms with van der Waals surface area (Å²) in [6, 6.07) is 15.3. The van der Waals surface area contributed by atoms with E-state index in [0.717, 1.165) is 27.7 Å². The Kier molecular flexibility index (Phi) is 8.56. The van der Waals surface area contributed by atoms with Gasteiger partial charge in [0.05, 0.1) is 18.8 Å². The van der Waals surface area contributed by atoms with Crippen LogP contribution in [0.25, 0.3) is 0 Å². The molecule has 0 aliphatic rings. The SMILES string of the molecule is CCOc1ccc(OC[C@@H](O)CN(C)Cc2c(C)nn(Cc3ccccc3Cl)c2C)cc1. The van der Waals surface area contributed by atoms with E-state index in [-0.39, 0.29) is 6.61 Å². The number of likely N-dealkylation sites (N-methyl/N-ethyl adjacent to an activating group) is 1. The third kappa shape index (κ3) is 6.48. The van der Waals surface area contributed by atoms with Crippen LogP contribution in [0.15, 0.2) is 48.5 Å². The molecule has 0 aliphatic heterocycles. The normalized spacial score (nSPS) is 12.2. The van der Waals surface area contributed by atoms with Gasteiger partial charge in [-0.2, -0.15) is 5.10 Å². The Labute approximate surface area is 195 Å². The van der Waals surface area contributed by atoms with Crippen LogP contribution in [-0.4, -0.2) is 52.7 Å². The molecule has 32 heavy (non-hydrogen) atoms. The second-order valence-electron chi connectivity index (χ2n) is 7.96. The van der Waals surface area contributed by atoms with E-state index in [1.54, 1.807) is 0 Å². The first-order valence-electron chi connectivity index (χ1n) is 10.9. The lowest BCUT2D eigenvalue weighted by molar-refractivity contribution is 0.0742. The summed E-state index contributed by atoms with van der Waals surface area (Å²) >= 11 is 6.32. The number of halogens is 1. The van der Waals surface area contributed by atoms with Gasteiger partial charge in [-0.3, -0.25) is 9.58 Å². The van der Waals surface area contributed by atoms with Crippen molar-refractivity contribution in [3.8, 4) is 11.5 Å². The Balaban J connectivity index is 1.53. The van der Waals surface area contributed by atoms with Crippen LogP contribution in [0.4, 0.5) is 0 Å². The van der Waals surface area contributed by atoms with Crippen LogP contribution in [0, 0.1) is 13.8 Å². The molecule has 1 atom stereocenters. The zero-order valence-corrected chi connectivity index (χ0v) is 20.0. The second-order valence-corrected chi connectivity index (χ2v) is 8.37. The fraction of sp³-hybridized carbons (Fsp3) is 0.400. The van der Waals surface area contributed by atoms with Crippen molar-refractivity contribution in [1.29, 1.82) is 0 Å². The Morgan fingerprint density at radius 3 is 2.38 bits per heavy atom. The molecule has 1 heterocycles. The van der Waals surface area contributed by atoms with Crippen LogP contribution >= 0.6 is 11.6 Å². The Morgan fingerprint density at radius 2 is 1.72 bits per heavy atom. The second kappa shape index (κ2) is 11.4. The van der Waals surface area contributed by atoms with E-state index >= 15 is 0 Å². The maximum absolute atomic E-state index is 10.4. The molecule has 7 heteroatoms. The van der Waals surface area contributed by atoms with Gasteiger partial charge in [0, 0.05) is 29.4 Å². The van der Waals surface area contributed by atoms with Crippen molar-refractivity contribution >= 4 is 11.6 Å². The Hall–Kier alpha value is -2.54. The maximum Gasteiger partial charge on any atom is 0.119 e. The first kappa shape index (κ1) is 24.1. The molecule has 0 bridgehead atoms. The number of rotatable bonds is 11. The third-order valence-corrected chi connectivity index (χ3v) is 5.71. The summed E-state index contributed by atoms with van der Waals surface area (Å²) in [7, 11) is 1.99. The topological polar surface area (TPSA) is 59.8 Å². The molecule has 0 amide bonds. The highest BCUT2D eigenvalue weighted by molar-refractivity contribution is 6.31. The number of aliphatic hydroxyl groups excluding tert-OH is 1. The largest absolute Gasteiger partial charge is 0.494 e. The van der Waals surface area contributed by atoms with Crippen molar-refractivity contribution < 1.29 is 14.6 Å². The van der Waals surface area contributed by atoms with Crippen LogP contribution < -0.4 is 9.47 Å². The highest BCUT2D eigenvalue weighted by Crippen LogP contribution is 2.21. The average Bonchev–Trinajstić information content (AvgIpc) is 3.02. The monoisotopic (exact) mass is 457 g/mol. The van der Waals surface area contributed by atoms with Gasteiger partial charge in [-0.15, -0.1) is 0 Å². The molecular formula is C25H32ClN3O3.